The summed E-state index contributed by atoms with van der Waals surface area (Å²) < 4.78 is 13.1. The van der Waals surface area contributed by atoms with Crippen LogP contribution in [0.4, 0.5) is 14.9 Å². The maximum Gasteiger partial charge on any atom is 0.315 e. The molecule has 1 aliphatic heterocycles. The van der Waals surface area contributed by atoms with E-state index in [9.17, 15) is 9.18 Å². The highest BCUT2D eigenvalue weighted by atomic mass is 35.5. The predicted octanol–water partition coefficient (Wildman–Crippen LogP) is 1.74. The highest BCUT2D eigenvalue weighted by molar-refractivity contribution is 6.31. The molecule has 1 unspecified atom stereocenters. The van der Waals surface area contributed by atoms with Gasteiger partial charge in [0.05, 0.1) is 5.02 Å². The van der Waals surface area contributed by atoms with Crippen molar-refractivity contribution in [2.45, 2.75) is 18.9 Å². The van der Waals surface area contributed by atoms with Gasteiger partial charge in [0.15, 0.2) is 0 Å². The van der Waals surface area contributed by atoms with E-state index in [2.05, 4.69) is 15.5 Å². The maximum atomic E-state index is 13.1. The second-order valence-corrected chi connectivity index (χ2v) is 5.41. The van der Waals surface area contributed by atoms with Crippen molar-refractivity contribution in [2.75, 3.05) is 31.1 Å². The Morgan fingerprint density at radius 3 is 3.05 bits per heavy atom. The first kappa shape index (κ1) is 15.9. The fourth-order valence-corrected chi connectivity index (χ4v) is 2.49. The molecule has 0 saturated carbocycles. The second-order valence-electron chi connectivity index (χ2n) is 5.01. The molecule has 1 heterocycles. The number of carbonyl (C=O) groups is 1. The third kappa shape index (κ3) is 4.47. The van der Waals surface area contributed by atoms with E-state index in [0.29, 0.717) is 19.5 Å². The number of carbonyl (C=O) groups excluding carboxylic acids is 1. The number of urea groups is 1. The minimum absolute atomic E-state index is 0.0444. The van der Waals surface area contributed by atoms with Crippen molar-refractivity contribution in [3.8, 4) is 0 Å². The largest absolute Gasteiger partial charge is 0.396 e. The van der Waals surface area contributed by atoms with Gasteiger partial charge in [-0.15, -0.1) is 0 Å². The quantitative estimate of drug-likeness (QED) is 0.725. The van der Waals surface area contributed by atoms with E-state index in [4.69, 9.17) is 16.7 Å². The van der Waals surface area contributed by atoms with Crippen LogP contribution in [0.1, 0.15) is 12.8 Å². The van der Waals surface area contributed by atoms with Gasteiger partial charge >= 0.3 is 6.03 Å². The molecule has 0 radical (unpaired) electrons. The third-order valence-electron chi connectivity index (χ3n) is 3.41. The van der Waals surface area contributed by atoms with Crippen LogP contribution in [0.25, 0.3) is 0 Å². The van der Waals surface area contributed by atoms with Gasteiger partial charge in [-0.25, -0.2) is 9.18 Å². The van der Waals surface area contributed by atoms with Crippen molar-refractivity contribution in [1.29, 1.82) is 0 Å². The molecule has 116 valence electrons. The highest BCUT2D eigenvalue weighted by Gasteiger charge is 2.24. The first-order valence-electron chi connectivity index (χ1n) is 6.95. The SMILES string of the molecule is O=C(NCCCO)NC1CCN(c2ccc(F)c(Cl)c2)C1. The molecule has 2 amide bonds. The number of benzene rings is 1. The van der Waals surface area contributed by atoms with Gasteiger partial charge in [-0.05, 0) is 31.0 Å². The summed E-state index contributed by atoms with van der Waals surface area (Å²) >= 11 is 5.78. The van der Waals surface area contributed by atoms with Crippen LogP contribution in [0.2, 0.25) is 5.02 Å². The van der Waals surface area contributed by atoms with Gasteiger partial charge < -0.3 is 20.6 Å². The third-order valence-corrected chi connectivity index (χ3v) is 3.70. The zero-order valence-corrected chi connectivity index (χ0v) is 12.4. The minimum atomic E-state index is -0.433. The Kier molecular flexibility index (Phi) is 5.64. The lowest BCUT2D eigenvalue weighted by molar-refractivity contribution is 0.235. The lowest BCUT2D eigenvalue weighted by Gasteiger charge is -2.19. The molecule has 1 aromatic rings. The van der Waals surface area contributed by atoms with E-state index in [0.717, 1.165) is 18.7 Å². The Bertz CT molecular complexity index is 501. The number of nitrogens with zero attached hydrogens (tertiary/aromatic N) is 1. The van der Waals surface area contributed by atoms with Gasteiger partial charge in [0.2, 0.25) is 0 Å². The zero-order valence-electron chi connectivity index (χ0n) is 11.6. The molecule has 1 atom stereocenters. The molecule has 0 aliphatic carbocycles. The Labute approximate surface area is 128 Å². The van der Waals surface area contributed by atoms with Crippen molar-refractivity contribution in [1.82, 2.24) is 10.6 Å². The van der Waals surface area contributed by atoms with Gasteiger partial charge in [-0.2, -0.15) is 0 Å². The van der Waals surface area contributed by atoms with Crippen LogP contribution in [0.15, 0.2) is 18.2 Å². The minimum Gasteiger partial charge on any atom is -0.396 e. The van der Waals surface area contributed by atoms with Gasteiger partial charge in [0, 0.05) is 38.0 Å². The number of nitrogens with one attached hydrogen (secondary N) is 2. The van der Waals surface area contributed by atoms with Crippen LogP contribution in [-0.4, -0.2) is 43.4 Å². The Morgan fingerprint density at radius 2 is 2.33 bits per heavy atom. The molecule has 0 bridgehead atoms. The molecule has 1 aliphatic rings. The summed E-state index contributed by atoms with van der Waals surface area (Å²) in [6.07, 6.45) is 1.36. The smallest absolute Gasteiger partial charge is 0.315 e. The molecule has 7 heteroatoms. The molecular formula is C14H19ClFN3O2. The normalized spacial score (nSPS) is 17.9. The van der Waals surface area contributed by atoms with Crippen LogP contribution < -0.4 is 15.5 Å². The summed E-state index contributed by atoms with van der Waals surface area (Å²) in [6, 6.07) is 4.45. The molecule has 0 spiro atoms. The molecule has 1 fully saturated rings. The van der Waals surface area contributed by atoms with E-state index in [-0.39, 0.29) is 23.7 Å². The van der Waals surface area contributed by atoms with E-state index < -0.39 is 5.82 Å². The van der Waals surface area contributed by atoms with E-state index in [1.807, 2.05) is 0 Å². The Hall–Kier alpha value is -1.53. The molecule has 0 aromatic heterocycles. The first-order valence-corrected chi connectivity index (χ1v) is 7.33. The average molecular weight is 316 g/mol. The number of amides is 2. The molecule has 2 rings (SSSR count). The standard InChI is InChI=1S/C14H19ClFN3O2/c15-12-8-11(2-3-13(12)16)19-6-4-10(9-19)18-14(21)17-5-1-7-20/h2-3,8,10,20H,1,4-7,9H2,(H2,17,18,21). The van der Waals surface area contributed by atoms with Gasteiger partial charge in [-0.1, -0.05) is 11.6 Å². The molecule has 5 nitrogen and oxygen atoms in total. The van der Waals surface area contributed by atoms with Crippen molar-refractivity contribution in [3.63, 3.8) is 0 Å². The molecule has 3 N–H and O–H groups in total. The maximum absolute atomic E-state index is 13.1. The van der Waals surface area contributed by atoms with Crippen LogP contribution >= 0.6 is 11.6 Å². The van der Waals surface area contributed by atoms with Crippen molar-refractivity contribution in [2.24, 2.45) is 0 Å². The topological polar surface area (TPSA) is 64.6 Å². The van der Waals surface area contributed by atoms with Gasteiger partial charge in [0.25, 0.3) is 0 Å². The van der Waals surface area contributed by atoms with Crippen molar-refractivity contribution in [3.05, 3.63) is 29.0 Å². The van der Waals surface area contributed by atoms with Crippen LogP contribution in [0, 0.1) is 5.82 Å². The van der Waals surface area contributed by atoms with E-state index in [1.54, 1.807) is 12.1 Å². The van der Waals surface area contributed by atoms with E-state index >= 15 is 0 Å². The summed E-state index contributed by atoms with van der Waals surface area (Å²) in [4.78, 5) is 13.7. The fourth-order valence-electron chi connectivity index (χ4n) is 2.31. The molecule has 1 saturated heterocycles. The lowest BCUT2D eigenvalue weighted by atomic mass is 10.2. The number of halogens is 2. The zero-order chi connectivity index (χ0) is 15.2. The van der Waals surface area contributed by atoms with Crippen LogP contribution in [0.3, 0.4) is 0 Å². The van der Waals surface area contributed by atoms with Crippen LogP contribution in [-0.2, 0) is 0 Å². The van der Waals surface area contributed by atoms with Crippen LogP contribution in [0.5, 0.6) is 0 Å². The molecular weight excluding hydrogens is 297 g/mol. The Balaban J connectivity index is 1.83. The summed E-state index contributed by atoms with van der Waals surface area (Å²) in [6.45, 7) is 1.95. The summed E-state index contributed by atoms with van der Waals surface area (Å²) in [5.41, 5.74) is 0.853. The average Bonchev–Trinajstić information content (AvgIpc) is 2.90. The number of anilines is 1. The monoisotopic (exact) mass is 315 g/mol. The lowest BCUT2D eigenvalue weighted by Crippen LogP contribution is -2.43. The Morgan fingerprint density at radius 1 is 1.52 bits per heavy atom. The van der Waals surface area contributed by atoms with Crippen molar-refractivity contribution < 1.29 is 14.3 Å². The summed E-state index contributed by atoms with van der Waals surface area (Å²) in [7, 11) is 0. The summed E-state index contributed by atoms with van der Waals surface area (Å²) in [5, 5.41) is 14.3. The fraction of sp³-hybridized carbons (Fsp3) is 0.500. The number of aliphatic hydroxyl groups excluding tert-OH is 1. The van der Waals surface area contributed by atoms with Crippen molar-refractivity contribution >= 4 is 23.3 Å². The number of rotatable bonds is 5. The number of aliphatic hydroxyl groups is 1. The number of hydrogen-bond acceptors (Lipinski definition) is 3. The van der Waals surface area contributed by atoms with Gasteiger partial charge in [0.1, 0.15) is 5.82 Å². The number of hydrogen-bond donors (Lipinski definition) is 3. The predicted molar refractivity (Wildman–Crippen MR) is 80.3 cm³/mol. The summed E-state index contributed by atoms with van der Waals surface area (Å²) in [5.74, 6) is -0.433. The van der Waals surface area contributed by atoms with E-state index in [1.165, 1.54) is 6.07 Å². The van der Waals surface area contributed by atoms with Gasteiger partial charge in [-0.3, -0.25) is 0 Å². The molecule has 21 heavy (non-hydrogen) atoms. The molecule has 1 aromatic carbocycles. The highest BCUT2D eigenvalue weighted by Crippen LogP contribution is 2.25. The second kappa shape index (κ2) is 7.47. The first-order chi connectivity index (χ1) is 10.1.